The van der Waals surface area contributed by atoms with Gasteiger partial charge in [0, 0.05) is 12.0 Å². The summed E-state index contributed by atoms with van der Waals surface area (Å²) in [6.45, 7) is 8.74. The molecule has 1 aliphatic rings. The molecule has 112 valence electrons. The smallest absolute Gasteiger partial charge is 0.118 e. The molecule has 3 nitrogen and oxygen atoms in total. The van der Waals surface area contributed by atoms with E-state index in [4.69, 9.17) is 9.47 Å². The second-order valence-electron chi connectivity index (χ2n) is 6.82. The summed E-state index contributed by atoms with van der Waals surface area (Å²) in [6, 6.07) is 8.61. The van der Waals surface area contributed by atoms with Gasteiger partial charge in [0.2, 0.25) is 0 Å². The van der Waals surface area contributed by atoms with Gasteiger partial charge in [0.1, 0.15) is 5.75 Å². The van der Waals surface area contributed by atoms with E-state index >= 15 is 0 Å². The van der Waals surface area contributed by atoms with Gasteiger partial charge >= 0.3 is 0 Å². The highest BCUT2D eigenvalue weighted by molar-refractivity contribution is 5.30. The minimum Gasteiger partial charge on any atom is -0.497 e. The minimum absolute atomic E-state index is 0.0598. The molecule has 1 heterocycles. The quantitative estimate of drug-likeness (QED) is 0.913. The Morgan fingerprint density at radius 3 is 2.20 bits per heavy atom. The molecule has 3 heteroatoms. The topological polar surface area (TPSA) is 30.5 Å². The Morgan fingerprint density at radius 1 is 1.20 bits per heavy atom. The van der Waals surface area contributed by atoms with Crippen molar-refractivity contribution in [1.82, 2.24) is 5.32 Å². The Bertz CT molecular complexity index is 451. The van der Waals surface area contributed by atoms with Gasteiger partial charge in [-0.3, -0.25) is 0 Å². The standard InChI is InChI=1S/C17H27NO2/c1-16(2)11-14(17(3,4)20-16)15(18-5)12-7-9-13(19-6)10-8-12/h7-10,14-15,18H,11H2,1-6H3. The molecule has 20 heavy (non-hydrogen) atoms. The van der Waals surface area contributed by atoms with Crippen LogP contribution in [0.15, 0.2) is 24.3 Å². The first-order valence-electron chi connectivity index (χ1n) is 7.30. The predicted octanol–water partition coefficient (Wildman–Crippen LogP) is 3.55. The van der Waals surface area contributed by atoms with Crippen molar-refractivity contribution in [2.24, 2.45) is 5.92 Å². The number of benzene rings is 1. The molecule has 0 aromatic heterocycles. The number of nitrogens with one attached hydrogen (secondary N) is 1. The second-order valence-corrected chi connectivity index (χ2v) is 6.82. The van der Waals surface area contributed by atoms with Gasteiger partial charge in [-0.05, 0) is 58.9 Å². The van der Waals surface area contributed by atoms with Crippen molar-refractivity contribution in [2.75, 3.05) is 14.2 Å². The predicted molar refractivity (Wildman–Crippen MR) is 82.1 cm³/mol. The van der Waals surface area contributed by atoms with Crippen LogP contribution >= 0.6 is 0 Å². The van der Waals surface area contributed by atoms with Crippen molar-refractivity contribution in [2.45, 2.75) is 51.4 Å². The second kappa shape index (κ2) is 5.38. The number of rotatable bonds is 4. The molecule has 1 aliphatic heterocycles. The largest absolute Gasteiger partial charge is 0.497 e. The van der Waals surface area contributed by atoms with Crippen LogP contribution in [-0.4, -0.2) is 25.4 Å². The highest BCUT2D eigenvalue weighted by Crippen LogP contribution is 2.47. The monoisotopic (exact) mass is 277 g/mol. The lowest BCUT2D eigenvalue weighted by atomic mass is 9.79. The Balaban J connectivity index is 2.27. The molecule has 2 unspecified atom stereocenters. The maximum Gasteiger partial charge on any atom is 0.118 e. The van der Waals surface area contributed by atoms with Crippen LogP contribution in [0.3, 0.4) is 0 Å². The van der Waals surface area contributed by atoms with Gasteiger partial charge in [-0.25, -0.2) is 0 Å². The summed E-state index contributed by atoms with van der Waals surface area (Å²) in [6.07, 6.45) is 1.05. The lowest BCUT2D eigenvalue weighted by Crippen LogP contribution is -2.37. The van der Waals surface area contributed by atoms with E-state index in [-0.39, 0.29) is 17.2 Å². The third-order valence-corrected chi connectivity index (χ3v) is 4.33. The maximum absolute atomic E-state index is 6.23. The van der Waals surface area contributed by atoms with E-state index in [0.717, 1.165) is 12.2 Å². The molecule has 1 N–H and O–H groups in total. The fourth-order valence-corrected chi connectivity index (χ4v) is 3.54. The van der Waals surface area contributed by atoms with E-state index in [1.165, 1.54) is 5.56 Å². The summed E-state index contributed by atoms with van der Waals surface area (Å²) in [7, 11) is 3.72. The number of hydrogen-bond donors (Lipinski definition) is 1. The van der Waals surface area contributed by atoms with E-state index in [9.17, 15) is 0 Å². The summed E-state index contributed by atoms with van der Waals surface area (Å²) in [5.74, 6) is 1.33. The van der Waals surface area contributed by atoms with E-state index in [1.807, 2.05) is 19.2 Å². The maximum atomic E-state index is 6.23. The molecular weight excluding hydrogens is 250 g/mol. The van der Waals surface area contributed by atoms with Gasteiger partial charge in [0.15, 0.2) is 0 Å². The summed E-state index contributed by atoms with van der Waals surface area (Å²) < 4.78 is 11.5. The van der Waals surface area contributed by atoms with Crippen LogP contribution in [0.1, 0.15) is 45.7 Å². The molecule has 1 fully saturated rings. The van der Waals surface area contributed by atoms with E-state index in [1.54, 1.807) is 7.11 Å². The Hall–Kier alpha value is -1.06. The highest BCUT2D eigenvalue weighted by atomic mass is 16.5. The summed E-state index contributed by atoms with van der Waals surface area (Å²) >= 11 is 0. The van der Waals surface area contributed by atoms with Crippen molar-refractivity contribution >= 4 is 0 Å². The van der Waals surface area contributed by atoms with Crippen LogP contribution in [0.4, 0.5) is 0 Å². The van der Waals surface area contributed by atoms with Gasteiger partial charge in [0.25, 0.3) is 0 Å². The summed E-state index contributed by atoms with van der Waals surface area (Å²) in [4.78, 5) is 0. The first kappa shape index (κ1) is 15.3. The van der Waals surface area contributed by atoms with E-state index < -0.39 is 0 Å². The zero-order valence-corrected chi connectivity index (χ0v) is 13.5. The number of hydrogen-bond acceptors (Lipinski definition) is 3. The zero-order chi connectivity index (χ0) is 15.0. The third-order valence-electron chi connectivity index (χ3n) is 4.33. The molecule has 0 bridgehead atoms. The molecule has 0 amide bonds. The molecule has 0 saturated carbocycles. The van der Waals surface area contributed by atoms with Crippen LogP contribution in [0.5, 0.6) is 5.75 Å². The van der Waals surface area contributed by atoms with Crippen LogP contribution in [0.25, 0.3) is 0 Å². The third kappa shape index (κ3) is 2.99. The van der Waals surface area contributed by atoms with Crippen molar-refractivity contribution in [3.63, 3.8) is 0 Å². The number of methoxy groups -OCH3 is 1. The van der Waals surface area contributed by atoms with Crippen LogP contribution < -0.4 is 10.1 Å². The van der Waals surface area contributed by atoms with Crippen molar-refractivity contribution in [3.8, 4) is 5.75 Å². The SMILES string of the molecule is CNC(c1ccc(OC)cc1)C1CC(C)(C)OC1(C)C. The first-order valence-corrected chi connectivity index (χ1v) is 7.30. The Kier molecular flexibility index (Phi) is 4.12. The lowest BCUT2D eigenvalue weighted by molar-refractivity contribution is -0.0776. The molecule has 2 atom stereocenters. The van der Waals surface area contributed by atoms with E-state index in [2.05, 4.69) is 45.1 Å². The average molecular weight is 277 g/mol. The highest BCUT2D eigenvalue weighted by Gasteiger charge is 2.48. The molecule has 0 spiro atoms. The molecule has 1 aromatic carbocycles. The average Bonchev–Trinajstić information content (AvgIpc) is 2.59. The Morgan fingerprint density at radius 2 is 1.80 bits per heavy atom. The molecule has 2 rings (SSSR count). The molecule has 1 aromatic rings. The van der Waals surface area contributed by atoms with Crippen molar-refractivity contribution in [1.29, 1.82) is 0 Å². The first-order chi connectivity index (χ1) is 9.29. The lowest BCUT2D eigenvalue weighted by Gasteiger charge is -2.33. The van der Waals surface area contributed by atoms with Crippen LogP contribution in [-0.2, 0) is 4.74 Å². The van der Waals surface area contributed by atoms with Gasteiger partial charge < -0.3 is 14.8 Å². The minimum atomic E-state index is -0.128. The Labute approximate surface area is 122 Å². The van der Waals surface area contributed by atoms with Crippen molar-refractivity contribution in [3.05, 3.63) is 29.8 Å². The van der Waals surface area contributed by atoms with E-state index in [0.29, 0.717) is 5.92 Å². The van der Waals surface area contributed by atoms with Crippen LogP contribution in [0.2, 0.25) is 0 Å². The molecule has 0 radical (unpaired) electrons. The summed E-state index contributed by atoms with van der Waals surface area (Å²) in [5.41, 5.74) is 1.10. The zero-order valence-electron chi connectivity index (χ0n) is 13.5. The normalized spacial score (nSPS) is 25.4. The van der Waals surface area contributed by atoms with Gasteiger partial charge in [0.05, 0.1) is 18.3 Å². The fraction of sp³-hybridized carbons (Fsp3) is 0.647. The molecule has 1 saturated heterocycles. The van der Waals surface area contributed by atoms with Gasteiger partial charge in [-0.1, -0.05) is 12.1 Å². The molecular formula is C17H27NO2. The summed E-state index contributed by atoms with van der Waals surface area (Å²) in [5, 5.41) is 3.47. The van der Waals surface area contributed by atoms with Gasteiger partial charge in [-0.15, -0.1) is 0 Å². The van der Waals surface area contributed by atoms with Crippen LogP contribution in [0, 0.1) is 5.92 Å². The number of ether oxygens (including phenoxy) is 2. The van der Waals surface area contributed by atoms with Crippen molar-refractivity contribution < 1.29 is 9.47 Å². The van der Waals surface area contributed by atoms with Gasteiger partial charge in [-0.2, -0.15) is 0 Å². The molecule has 0 aliphatic carbocycles. The fourth-order valence-electron chi connectivity index (χ4n) is 3.54.